The number of morpholine rings is 1. The van der Waals surface area contributed by atoms with Crippen LogP contribution in [-0.4, -0.2) is 60.4 Å². The summed E-state index contributed by atoms with van der Waals surface area (Å²) in [7, 11) is -3.77. The second-order valence-corrected chi connectivity index (χ2v) is 11.7. The van der Waals surface area contributed by atoms with Crippen LogP contribution in [-0.2, 0) is 32.6 Å². The summed E-state index contributed by atoms with van der Waals surface area (Å²) in [6.45, 7) is 5.91. The standard InChI is InChI=1S/C21H25N3O5S3/c1-15(2)24(13-16-4-3-11-30-16)32(27,28)17-5-6-18-19(12-17)31-21(26)23(18)14-20(25)22-7-9-29-10-8-22/h3-6,11-12,15H,7-10,13-14H2,1-2H3. The summed E-state index contributed by atoms with van der Waals surface area (Å²) in [4.78, 5) is 27.7. The highest BCUT2D eigenvalue weighted by Crippen LogP contribution is 2.27. The number of carbonyl (C=O) groups excluding carboxylic acids is 1. The van der Waals surface area contributed by atoms with Crippen LogP contribution < -0.4 is 4.87 Å². The molecule has 0 atom stereocenters. The average Bonchev–Trinajstić information content (AvgIpc) is 3.39. The molecule has 32 heavy (non-hydrogen) atoms. The summed E-state index contributed by atoms with van der Waals surface area (Å²) in [5.41, 5.74) is 0.565. The molecular weight excluding hydrogens is 470 g/mol. The van der Waals surface area contributed by atoms with Crippen molar-refractivity contribution >= 4 is 48.8 Å². The van der Waals surface area contributed by atoms with E-state index in [1.807, 2.05) is 31.4 Å². The Balaban J connectivity index is 1.63. The fourth-order valence-electron chi connectivity index (χ4n) is 3.64. The molecule has 3 heterocycles. The van der Waals surface area contributed by atoms with Crippen LogP contribution in [0.4, 0.5) is 0 Å². The fraction of sp³-hybridized carbons (Fsp3) is 0.429. The largest absolute Gasteiger partial charge is 0.378 e. The fourth-order valence-corrected chi connectivity index (χ4v) is 7.07. The molecule has 0 unspecified atom stereocenters. The smallest absolute Gasteiger partial charge is 0.308 e. The number of fused-ring (bicyclic) bond motifs is 1. The lowest BCUT2D eigenvalue weighted by Gasteiger charge is -2.27. The number of benzene rings is 1. The number of amides is 1. The molecule has 0 aliphatic carbocycles. The zero-order valence-electron chi connectivity index (χ0n) is 17.9. The van der Waals surface area contributed by atoms with E-state index in [0.29, 0.717) is 43.1 Å². The predicted octanol–water partition coefficient (Wildman–Crippen LogP) is 2.58. The maximum absolute atomic E-state index is 13.4. The minimum Gasteiger partial charge on any atom is -0.378 e. The van der Waals surface area contributed by atoms with E-state index >= 15 is 0 Å². The van der Waals surface area contributed by atoms with E-state index in [9.17, 15) is 18.0 Å². The zero-order valence-corrected chi connectivity index (χ0v) is 20.3. The number of ether oxygens (including phenoxy) is 1. The molecule has 4 rings (SSSR count). The normalized spacial score (nSPS) is 15.2. The van der Waals surface area contributed by atoms with Gasteiger partial charge in [0.25, 0.3) is 0 Å². The van der Waals surface area contributed by atoms with Gasteiger partial charge in [0.1, 0.15) is 6.54 Å². The van der Waals surface area contributed by atoms with Crippen LogP contribution in [0.2, 0.25) is 0 Å². The van der Waals surface area contributed by atoms with Crippen LogP contribution in [0.15, 0.2) is 45.4 Å². The monoisotopic (exact) mass is 495 g/mol. The van der Waals surface area contributed by atoms with E-state index < -0.39 is 10.0 Å². The molecule has 1 fully saturated rings. The van der Waals surface area contributed by atoms with Gasteiger partial charge in [-0.15, -0.1) is 11.3 Å². The van der Waals surface area contributed by atoms with E-state index in [1.54, 1.807) is 11.0 Å². The number of thiazole rings is 1. The van der Waals surface area contributed by atoms with Crippen LogP contribution in [0, 0.1) is 0 Å². The highest BCUT2D eigenvalue weighted by molar-refractivity contribution is 7.89. The number of thiophene rings is 1. The maximum Gasteiger partial charge on any atom is 0.308 e. The van der Waals surface area contributed by atoms with Crippen LogP contribution >= 0.6 is 22.7 Å². The van der Waals surface area contributed by atoms with Crippen molar-refractivity contribution in [2.45, 2.75) is 37.9 Å². The maximum atomic E-state index is 13.4. The molecule has 0 N–H and O–H groups in total. The molecule has 0 radical (unpaired) electrons. The van der Waals surface area contributed by atoms with E-state index in [-0.39, 0.29) is 28.3 Å². The van der Waals surface area contributed by atoms with Gasteiger partial charge in [0.2, 0.25) is 15.9 Å². The van der Waals surface area contributed by atoms with Gasteiger partial charge < -0.3 is 9.64 Å². The van der Waals surface area contributed by atoms with E-state index in [2.05, 4.69) is 0 Å². The quantitative estimate of drug-likeness (QED) is 0.503. The molecular formula is C21H25N3O5S3. The first-order valence-corrected chi connectivity index (χ1v) is 13.4. The lowest BCUT2D eigenvalue weighted by molar-refractivity contribution is -0.135. The summed E-state index contributed by atoms with van der Waals surface area (Å²) in [6.07, 6.45) is 0. The first kappa shape index (κ1) is 23.1. The van der Waals surface area contributed by atoms with Gasteiger partial charge in [-0.25, -0.2) is 8.42 Å². The van der Waals surface area contributed by atoms with E-state index in [4.69, 9.17) is 4.74 Å². The van der Waals surface area contributed by atoms with Crippen molar-refractivity contribution in [1.29, 1.82) is 0 Å². The molecule has 11 heteroatoms. The van der Waals surface area contributed by atoms with Gasteiger partial charge in [0.05, 0.1) is 28.3 Å². The average molecular weight is 496 g/mol. The van der Waals surface area contributed by atoms with Crippen molar-refractivity contribution in [2.24, 2.45) is 0 Å². The van der Waals surface area contributed by atoms with Crippen LogP contribution in [0.25, 0.3) is 10.2 Å². The van der Waals surface area contributed by atoms with E-state index in [0.717, 1.165) is 16.2 Å². The zero-order chi connectivity index (χ0) is 22.9. The lowest BCUT2D eigenvalue weighted by Crippen LogP contribution is -2.43. The Bertz CT molecular complexity index is 1260. The third-order valence-corrected chi connectivity index (χ3v) is 9.19. The molecule has 172 valence electrons. The highest BCUT2D eigenvalue weighted by Gasteiger charge is 2.28. The van der Waals surface area contributed by atoms with Gasteiger partial charge in [0, 0.05) is 30.6 Å². The number of hydrogen-bond acceptors (Lipinski definition) is 7. The van der Waals surface area contributed by atoms with Gasteiger partial charge in [-0.3, -0.25) is 14.2 Å². The third kappa shape index (κ3) is 4.67. The van der Waals surface area contributed by atoms with Gasteiger partial charge >= 0.3 is 4.87 Å². The molecule has 1 aromatic carbocycles. The molecule has 1 saturated heterocycles. The van der Waals surface area contributed by atoms with Crippen molar-refractivity contribution in [1.82, 2.24) is 13.8 Å². The van der Waals surface area contributed by atoms with Crippen molar-refractivity contribution in [3.05, 3.63) is 50.3 Å². The van der Waals surface area contributed by atoms with Gasteiger partial charge in [0.15, 0.2) is 0 Å². The van der Waals surface area contributed by atoms with Crippen molar-refractivity contribution in [2.75, 3.05) is 26.3 Å². The molecule has 0 bridgehead atoms. The molecule has 1 aliphatic rings. The third-order valence-electron chi connectivity index (χ3n) is 5.37. The molecule has 0 spiro atoms. The number of carbonyl (C=O) groups is 1. The summed E-state index contributed by atoms with van der Waals surface area (Å²) >= 11 is 2.47. The molecule has 0 saturated carbocycles. The Kier molecular flexibility index (Phi) is 6.82. The minimum atomic E-state index is -3.77. The SMILES string of the molecule is CC(C)N(Cc1cccs1)S(=O)(=O)c1ccc2c(c1)sc(=O)n2CC(=O)N1CCOCC1. The first-order chi connectivity index (χ1) is 15.3. The number of sulfonamides is 1. The molecule has 2 aromatic heterocycles. The highest BCUT2D eigenvalue weighted by atomic mass is 32.2. The van der Waals surface area contributed by atoms with Gasteiger partial charge in [-0.1, -0.05) is 17.4 Å². The van der Waals surface area contributed by atoms with Crippen LogP contribution in [0.1, 0.15) is 18.7 Å². The molecule has 1 aliphatic heterocycles. The Labute approximate surface area is 194 Å². The summed E-state index contributed by atoms with van der Waals surface area (Å²) < 4.78 is 35.5. The van der Waals surface area contributed by atoms with Crippen LogP contribution in [0.5, 0.6) is 0 Å². The number of aromatic nitrogens is 1. The van der Waals surface area contributed by atoms with Crippen molar-refractivity contribution < 1.29 is 17.9 Å². The topological polar surface area (TPSA) is 88.9 Å². The lowest BCUT2D eigenvalue weighted by atomic mass is 10.3. The number of nitrogens with zero attached hydrogens (tertiary/aromatic N) is 3. The van der Waals surface area contributed by atoms with Gasteiger partial charge in [-0.05, 0) is 43.5 Å². The van der Waals surface area contributed by atoms with Crippen molar-refractivity contribution in [3.63, 3.8) is 0 Å². The van der Waals surface area contributed by atoms with Crippen molar-refractivity contribution in [3.8, 4) is 0 Å². The Morgan fingerprint density at radius 1 is 1.22 bits per heavy atom. The second kappa shape index (κ2) is 9.44. The summed E-state index contributed by atoms with van der Waals surface area (Å²) in [6, 6.07) is 8.26. The number of hydrogen-bond donors (Lipinski definition) is 0. The Morgan fingerprint density at radius 2 is 1.97 bits per heavy atom. The second-order valence-electron chi connectivity index (χ2n) is 7.80. The number of rotatable bonds is 7. The predicted molar refractivity (Wildman–Crippen MR) is 126 cm³/mol. The summed E-state index contributed by atoms with van der Waals surface area (Å²) in [5, 5.41) is 1.92. The summed E-state index contributed by atoms with van der Waals surface area (Å²) in [5.74, 6) is -0.145. The molecule has 3 aromatic rings. The molecule has 1 amide bonds. The van der Waals surface area contributed by atoms with Crippen LogP contribution in [0.3, 0.4) is 0 Å². The Hall–Kier alpha value is -2.05. The first-order valence-electron chi connectivity index (χ1n) is 10.3. The van der Waals surface area contributed by atoms with E-state index in [1.165, 1.54) is 32.3 Å². The van der Waals surface area contributed by atoms with Gasteiger partial charge in [-0.2, -0.15) is 4.31 Å². The Morgan fingerprint density at radius 3 is 2.62 bits per heavy atom. The molecule has 8 nitrogen and oxygen atoms in total. The minimum absolute atomic E-state index is 0.0680.